The molecule has 0 bridgehead atoms. The van der Waals surface area contributed by atoms with Gasteiger partial charge in [0.25, 0.3) is 0 Å². The lowest BCUT2D eigenvalue weighted by molar-refractivity contribution is 0.0988. The molecule has 1 aliphatic rings. The molecule has 3 aromatic carbocycles. The van der Waals surface area contributed by atoms with Gasteiger partial charge in [-0.25, -0.2) is 0 Å². The molecule has 0 aliphatic carbocycles. The first-order chi connectivity index (χ1) is 10.3. The van der Waals surface area contributed by atoms with Gasteiger partial charge in [0, 0.05) is 5.56 Å². The van der Waals surface area contributed by atoms with Gasteiger partial charge in [0.05, 0.1) is 12.1 Å². The van der Waals surface area contributed by atoms with E-state index in [-0.39, 0.29) is 17.9 Å². The van der Waals surface area contributed by atoms with Crippen molar-refractivity contribution in [2.45, 2.75) is 12.1 Å². The number of benzene rings is 3. The molecule has 3 aromatic rings. The first-order valence-corrected chi connectivity index (χ1v) is 7.17. The molecule has 1 fully saturated rings. The van der Waals surface area contributed by atoms with Crippen LogP contribution in [-0.4, -0.2) is 11.8 Å². The molecular formula is C19H15NO. The molecule has 1 aliphatic heterocycles. The summed E-state index contributed by atoms with van der Waals surface area (Å²) >= 11 is 0. The summed E-state index contributed by atoms with van der Waals surface area (Å²) in [6.45, 7) is 0. The van der Waals surface area contributed by atoms with Gasteiger partial charge in [0.15, 0.2) is 5.78 Å². The van der Waals surface area contributed by atoms with E-state index in [2.05, 4.69) is 35.6 Å². The third-order valence-electron chi connectivity index (χ3n) is 4.08. The van der Waals surface area contributed by atoms with E-state index in [4.69, 9.17) is 0 Å². The van der Waals surface area contributed by atoms with E-state index >= 15 is 0 Å². The maximum Gasteiger partial charge on any atom is 0.181 e. The Hall–Kier alpha value is -2.45. The normalized spacial score (nSPS) is 20.4. The van der Waals surface area contributed by atoms with E-state index in [9.17, 15) is 4.79 Å². The summed E-state index contributed by atoms with van der Waals surface area (Å²) in [5, 5.41) is 5.77. The third kappa shape index (κ3) is 2.14. The number of Topliss-reactive ketones (excluding diaryl/α,β-unsaturated/α-hetero) is 1. The SMILES string of the molecule is O=C(c1ccccc1)[C@H]1N[C@@H]1c1cccc2ccccc12. The van der Waals surface area contributed by atoms with Crippen molar-refractivity contribution in [3.05, 3.63) is 83.9 Å². The van der Waals surface area contributed by atoms with Crippen LogP contribution in [0.25, 0.3) is 10.8 Å². The number of nitrogens with one attached hydrogen (secondary N) is 1. The topological polar surface area (TPSA) is 39.0 Å². The van der Waals surface area contributed by atoms with E-state index in [0.29, 0.717) is 0 Å². The van der Waals surface area contributed by atoms with Crippen molar-refractivity contribution in [1.29, 1.82) is 0 Å². The van der Waals surface area contributed by atoms with Crippen LogP contribution in [0.5, 0.6) is 0 Å². The number of rotatable bonds is 3. The van der Waals surface area contributed by atoms with Crippen molar-refractivity contribution in [2.75, 3.05) is 0 Å². The molecule has 0 spiro atoms. The average molecular weight is 273 g/mol. The monoisotopic (exact) mass is 273 g/mol. The van der Waals surface area contributed by atoms with E-state index in [1.54, 1.807) is 0 Å². The number of hydrogen-bond donors (Lipinski definition) is 1. The van der Waals surface area contributed by atoms with Crippen molar-refractivity contribution in [2.24, 2.45) is 0 Å². The predicted molar refractivity (Wildman–Crippen MR) is 84.4 cm³/mol. The van der Waals surface area contributed by atoms with Crippen LogP contribution in [0.4, 0.5) is 0 Å². The highest BCUT2D eigenvalue weighted by atomic mass is 16.1. The summed E-state index contributed by atoms with van der Waals surface area (Å²) in [5.41, 5.74) is 1.99. The first-order valence-electron chi connectivity index (χ1n) is 7.17. The van der Waals surface area contributed by atoms with E-state index in [1.807, 2.05) is 42.5 Å². The largest absolute Gasteiger partial charge is 0.297 e. The second-order valence-corrected chi connectivity index (χ2v) is 5.42. The van der Waals surface area contributed by atoms with Gasteiger partial charge in [-0.3, -0.25) is 10.1 Å². The van der Waals surface area contributed by atoms with Gasteiger partial charge in [-0.05, 0) is 16.3 Å². The highest BCUT2D eigenvalue weighted by molar-refractivity contribution is 6.03. The number of hydrogen-bond acceptors (Lipinski definition) is 2. The minimum absolute atomic E-state index is 0.0989. The number of ketones is 1. The lowest BCUT2D eigenvalue weighted by atomic mass is 9.98. The Labute approximate surface area is 123 Å². The molecule has 1 saturated heterocycles. The minimum Gasteiger partial charge on any atom is -0.297 e. The van der Waals surface area contributed by atoms with Gasteiger partial charge in [-0.15, -0.1) is 0 Å². The predicted octanol–water partition coefficient (Wildman–Crippen LogP) is 3.74. The standard InChI is InChI=1S/C19H15NO/c21-19(14-8-2-1-3-9-14)18-17(20-18)16-12-6-10-13-7-4-5-11-15(13)16/h1-12,17-18,20H/t17-,18+/m1/s1. The Morgan fingerprint density at radius 2 is 1.52 bits per heavy atom. The molecule has 0 unspecified atom stereocenters. The van der Waals surface area contributed by atoms with E-state index in [1.165, 1.54) is 16.3 Å². The van der Waals surface area contributed by atoms with Gasteiger partial charge >= 0.3 is 0 Å². The third-order valence-corrected chi connectivity index (χ3v) is 4.08. The number of carbonyl (C=O) groups excluding carboxylic acids is 1. The summed E-state index contributed by atoms with van der Waals surface area (Å²) in [7, 11) is 0. The van der Waals surface area contributed by atoms with Gasteiger partial charge in [-0.2, -0.15) is 0 Å². The minimum atomic E-state index is -0.0989. The highest BCUT2D eigenvalue weighted by Gasteiger charge is 2.43. The van der Waals surface area contributed by atoms with Crippen LogP contribution >= 0.6 is 0 Å². The quantitative estimate of drug-likeness (QED) is 0.583. The molecule has 102 valence electrons. The van der Waals surface area contributed by atoms with Crippen LogP contribution in [-0.2, 0) is 0 Å². The van der Waals surface area contributed by atoms with Gasteiger partial charge < -0.3 is 0 Å². The summed E-state index contributed by atoms with van der Waals surface area (Å²) in [5.74, 6) is 0.175. The van der Waals surface area contributed by atoms with Crippen molar-refractivity contribution < 1.29 is 4.79 Å². The lowest BCUT2D eigenvalue weighted by Crippen LogP contribution is -2.10. The maximum atomic E-state index is 12.5. The van der Waals surface area contributed by atoms with Gasteiger partial charge in [0.2, 0.25) is 0 Å². The first kappa shape index (κ1) is 12.3. The van der Waals surface area contributed by atoms with Crippen molar-refractivity contribution >= 4 is 16.6 Å². The number of carbonyl (C=O) groups is 1. The summed E-state index contributed by atoms with van der Waals surface area (Å²) < 4.78 is 0. The molecule has 0 saturated carbocycles. The lowest BCUT2D eigenvalue weighted by Gasteiger charge is -2.04. The summed E-state index contributed by atoms with van der Waals surface area (Å²) in [6, 6.07) is 24.1. The second kappa shape index (κ2) is 4.83. The molecule has 4 rings (SSSR count). The van der Waals surface area contributed by atoms with Crippen LogP contribution in [0.15, 0.2) is 72.8 Å². The molecule has 0 amide bonds. The fourth-order valence-electron chi connectivity index (χ4n) is 2.94. The zero-order chi connectivity index (χ0) is 14.2. The van der Waals surface area contributed by atoms with E-state index < -0.39 is 0 Å². The molecule has 1 heterocycles. The van der Waals surface area contributed by atoms with Gasteiger partial charge in [-0.1, -0.05) is 72.8 Å². The molecule has 21 heavy (non-hydrogen) atoms. The Morgan fingerprint density at radius 3 is 2.38 bits per heavy atom. The molecule has 0 radical (unpaired) electrons. The zero-order valence-corrected chi connectivity index (χ0v) is 11.5. The zero-order valence-electron chi connectivity index (χ0n) is 11.5. The Balaban J connectivity index is 1.66. The Kier molecular flexibility index (Phi) is 2.83. The Morgan fingerprint density at radius 1 is 0.810 bits per heavy atom. The van der Waals surface area contributed by atoms with Crippen LogP contribution in [0.2, 0.25) is 0 Å². The van der Waals surface area contributed by atoms with Crippen molar-refractivity contribution in [3.8, 4) is 0 Å². The number of fused-ring (bicyclic) bond motifs is 1. The van der Waals surface area contributed by atoms with Gasteiger partial charge in [0.1, 0.15) is 0 Å². The van der Waals surface area contributed by atoms with Crippen LogP contribution in [0.1, 0.15) is 22.0 Å². The average Bonchev–Trinajstić information content (AvgIpc) is 3.35. The fourth-order valence-corrected chi connectivity index (χ4v) is 2.94. The molecule has 2 atom stereocenters. The van der Waals surface area contributed by atoms with E-state index in [0.717, 1.165) is 5.56 Å². The molecular weight excluding hydrogens is 258 g/mol. The molecule has 1 N–H and O–H groups in total. The van der Waals surface area contributed by atoms with Crippen molar-refractivity contribution in [1.82, 2.24) is 5.32 Å². The molecule has 2 nitrogen and oxygen atoms in total. The fraction of sp³-hybridized carbons (Fsp3) is 0.105. The van der Waals surface area contributed by atoms with Crippen LogP contribution in [0.3, 0.4) is 0 Å². The summed E-state index contributed by atoms with van der Waals surface area (Å²) in [6.07, 6.45) is 0. The van der Waals surface area contributed by atoms with Crippen LogP contribution < -0.4 is 5.32 Å². The maximum absolute atomic E-state index is 12.5. The smallest absolute Gasteiger partial charge is 0.181 e. The molecule has 2 heteroatoms. The van der Waals surface area contributed by atoms with Crippen molar-refractivity contribution in [3.63, 3.8) is 0 Å². The molecule has 0 aromatic heterocycles. The Bertz CT molecular complexity index is 805. The summed E-state index contributed by atoms with van der Waals surface area (Å²) in [4.78, 5) is 12.5. The second-order valence-electron chi connectivity index (χ2n) is 5.42. The van der Waals surface area contributed by atoms with Crippen LogP contribution in [0, 0.1) is 0 Å². The highest BCUT2D eigenvalue weighted by Crippen LogP contribution is 2.36.